The fourth-order valence-electron chi connectivity index (χ4n) is 3.82. The summed E-state index contributed by atoms with van der Waals surface area (Å²) in [6, 6.07) is 8.16. The van der Waals surface area contributed by atoms with Gasteiger partial charge >= 0.3 is 6.03 Å². The van der Waals surface area contributed by atoms with E-state index in [1.807, 2.05) is 9.80 Å². The van der Waals surface area contributed by atoms with Crippen molar-refractivity contribution < 1.29 is 14.0 Å². The number of nitrogens with zero attached hydrogens (tertiary/aromatic N) is 3. The smallest absolute Gasteiger partial charge is 0.319 e. The summed E-state index contributed by atoms with van der Waals surface area (Å²) in [6.45, 7) is 2.97. The molecule has 7 heteroatoms. The predicted molar refractivity (Wildman–Crippen MR) is 100.0 cm³/mol. The molecule has 4 rings (SSSR count). The number of para-hydroxylation sites is 1. The maximum absolute atomic E-state index is 13.9. The van der Waals surface area contributed by atoms with Crippen LogP contribution in [0.2, 0.25) is 0 Å². The van der Waals surface area contributed by atoms with E-state index in [1.165, 1.54) is 6.07 Å². The Morgan fingerprint density at radius 2 is 1.70 bits per heavy atom. The molecular weight excluding hydrogens is 347 g/mol. The largest absolute Gasteiger partial charge is 0.348 e. The number of hydrogen-bond acceptors (Lipinski definition) is 3. The maximum atomic E-state index is 13.9. The molecule has 0 bridgehead atoms. The molecule has 1 N–H and O–H groups in total. The van der Waals surface area contributed by atoms with E-state index in [2.05, 4.69) is 10.3 Å². The zero-order chi connectivity index (χ0) is 18.8. The Labute approximate surface area is 157 Å². The van der Waals surface area contributed by atoms with E-state index in [0.29, 0.717) is 31.3 Å². The topological polar surface area (TPSA) is 65.5 Å². The van der Waals surface area contributed by atoms with Gasteiger partial charge in [0.25, 0.3) is 5.91 Å². The lowest BCUT2D eigenvalue weighted by Gasteiger charge is -2.34. The van der Waals surface area contributed by atoms with E-state index in [9.17, 15) is 14.0 Å². The minimum atomic E-state index is -0.434. The minimum Gasteiger partial charge on any atom is -0.348 e. The number of benzene rings is 1. The molecular formula is C20H23FN4O2. The van der Waals surface area contributed by atoms with Gasteiger partial charge in [0.1, 0.15) is 17.0 Å². The number of nitrogens with one attached hydrogen (secondary N) is 1. The van der Waals surface area contributed by atoms with Crippen molar-refractivity contribution in [3.05, 3.63) is 41.8 Å². The van der Waals surface area contributed by atoms with Crippen LogP contribution >= 0.6 is 0 Å². The minimum absolute atomic E-state index is 0.00162. The third-order valence-corrected chi connectivity index (χ3v) is 5.38. The van der Waals surface area contributed by atoms with Crippen molar-refractivity contribution >= 4 is 22.8 Å². The Morgan fingerprint density at radius 1 is 1.00 bits per heavy atom. The summed E-state index contributed by atoms with van der Waals surface area (Å²) in [5.74, 6) is -0.736. The number of hydrogen-bond donors (Lipinski definition) is 1. The number of fused-ring (bicyclic) bond motifs is 1. The first-order chi connectivity index (χ1) is 13.1. The Kier molecular flexibility index (Phi) is 4.92. The van der Waals surface area contributed by atoms with E-state index < -0.39 is 5.82 Å². The summed E-state index contributed by atoms with van der Waals surface area (Å²) in [5, 5.41) is 3.64. The number of rotatable bonds is 2. The molecule has 2 saturated heterocycles. The van der Waals surface area contributed by atoms with E-state index in [-0.39, 0.29) is 29.2 Å². The molecule has 0 unspecified atom stereocenters. The molecule has 6 nitrogen and oxygen atoms in total. The number of pyridine rings is 1. The van der Waals surface area contributed by atoms with Crippen molar-refractivity contribution in [2.45, 2.75) is 31.7 Å². The van der Waals surface area contributed by atoms with Crippen LogP contribution in [0.1, 0.15) is 36.2 Å². The standard InChI is InChI=1S/C20H23FN4O2/c21-16-5-3-4-14-6-7-17(23-18(14)16)19(26)22-15-8-12-25(13-9-15)20(27)24-10-1-2-11-24/h3-7,15H,1-2,8-13H2,(H,22,26). The van der Waals surface area contributed by atoms with Gasteiger partial charge in [-0.15, -0.1) is 0 Å². The molecule has 0 saturated carbocycles. The average molecular weight is 370 g/mol. The molecule has 2 aliphatic rings. The normalized spacial score (nSPS) is 18.1. The second-order valence-corrected chi connectivity index (χ2v) is 7.22. The number of aromatic nitrogens is 1. The Bertz CT molecular complexity index is 858. The second-order valence-electron chi connectivity index (χ2n) is 7.22. The van der Waals surface area contributed by atoms with Gasteiger partial charge in [-0.1, -0.05) is 18.2 Å². The molecule has 2 aromatic rings. The molecule has 2 aliphatic heterocycles. The van der Waals surface area contributed by atoms with Crippen molar-refractivity contribution in [3.8, 4) is 0 Å². The molecule has 2 fully saturated rings. The fourth-order valence-corrected chi connectivity index (χ4v) is 3.82. The predicted octanol–water partition coefficient (Wildman–Crippen LogP) is 2.78. The first-order valence-corrected chi connectivity index (χ1v) is 9.52. The van der Waals surface area contributed by atoms with Crippen molar-refractivity contribution in [2.75, 3.05) is 26.2 Å². The van der Waals surface area contributed by atoms with Crippen LogP contribution in [0.4, 0.5) is 9.18 Å². The van der Waals surface area contributed by atoms with Crippen LogP contribution < -0.4 is 5.32 Å². The summed E-state index contributed by atoms with van der Waals surface area (Å²) in [7, 11) is 0. The Morgan fingerprint density at radius 3 is 2.44 bits per heavy atom. The lowest BCUT2D eigenvalue weighted by Crippen LogP contribution is -2.50. The van der Waals surface area contributed by atoms with E-state index in [0.717, 1.165) is 25.9 Å². The van der Waals surface area contributed by atoms with Gasteiger partial charge in [-0.25, -0.2) is 14.2 Å². The summed E-state index contributed by atoms with van der Waals surface area (Å²) in [6.07, 6.45) is 3.59. The van der Waals surface area contributed by atoms with Crippen molar-refractivity contribution in [1.29, 1.82) is 0 Å². The number of piperidine rings is 1. The quantitative estimate of drug-likeness (QED) is 0.884. The molecule has 3 amide bonds. The van der Waals surface area contributed by atoms with Crippen molar-refractivity contribution in [2.24, 2.45) is 0 Å². The summed E-state index contributed by atoms with van der Waals surface area (Å²) in [5.41, 5.74) is 0.416. The summed E-state index contributed by atoms with van der Waals surface area (Å²) < 4.78 is 13.9. The third-order valence-electron chi connectivity index (χ3n) is 5.38. The van der Waals surface area contributed by atoms with Gasteiger partial charge in [0.05, 0.1) is 0 Å². The lowest BCUT2D eigenvalue weighted by atomic mass is 10.0. The van der Waals surface area contributed by atoms with Gasteiger partial charge in [-0.3, -0.25) is 4.79 Å². The number of carbonyl (C=O) groups is 2. The summed E-state index contributed by atoms with van der Waals surface area (Å²) in [4.78, 5) is 32.9. The van der Waals surface area contributed by atoms with Crippen LogP contribution in [-0.4, -0.2) is 58.9 Å². The van der Waals surface area contributed by atoms with Gasteiger partial charge in [-0.05, 0) is 37.8 Å². The highest BCUT2D eigenvalue weighted by Gasteiger charge is 2.28. The van der Waals surface area contributed by atoms with Gasteiger partial charge in [-0.2, -0.15) is 0 Å². The molecule has 1 aromatic heterocycles. The van der Waals surface area contributed by atoms with Gasteiger partial charge in [0, 0.05) is 37.6 Å². The highest BCUT2D eigenvalue weighted by atomic mass is 19.1. The molecule has 3 heterocycles. The molecule has 1 aromatic carbocycles. The van der Waals surface area contributed by atoms with E-state index >= 15 is 0 Å². The van der Waals surface area contributed by atoms with Crippen molar-refractivity contribution in [1.82, 2.24) is 20.1 Å². The third kappa shape index (κ3) is 3.72. The lowest BCUT2D eigenvalue weighted by molar-refractivity contribution is 0.0908. The molecule has 0 atom stereocenters. The Balaban J connectivity index is 1.35. The van der Waals surface area contributed by atoms with Crippen molar-refractivity contribution in [3.63, 3.8) is 0 Å². The number of amides is 3. The zero-order valence-corrected chi connectivity index (χ0v) is 15.2. The Hall–Kier alpha value is -2.70. The maximum Gasteiger partial charge on any atom is 0.319 e. The number of urea groups is 1. The SMILES string of the molecule is O=C(NC1CCN(C(=O)N2CCCC2)CC1)c1ccc2cccc(F)c2n1. The molecule has 27 heavy (non-hydrogen) atoms. The van der Waals surface area contributed by atoms with Crippen LogP contribution in [0, 0.1) is 5.82 Å². The molecule has 0 radical (unpaired) electrons. The van der Waals surface area contributed by atoms with Gasteiger partial charge in [0.2, 0.25) is 0 Å². The van der Waals surface area contributed by atoms with Crippen LogP contribution in [0.15, 0.2) is 30.3 Å². The van der Waals surface area contributed by atoms with Crippen LogP contribution in [0.25, 0.3) is 10.9 Å². The second kappa shape index (κ2) is 7.50. The van der Waals surface area contributed by atoms with Gasteiger partial charge < -0.3 is 15.1 Å². The van der Waals surface area contributed by atoms with Crippen LogP contribution in [0.5, 0.6) is 0 Å². The number of carbonyl (C=O) groups excluding carboxylic acids is 2. The summed E-state index contributed by atoms with van der Waals surface area (Å²) >= 11 is 0. The number of halogens is 1. The molecule has 0 aliphatic carbocycles. The van der Waals surface area contributed by atoms with Crippen LogP contribution in [0.3, 0.4) is 0 Å². The average Bonchev–Trinajstić information content (AvgIpc) is 3.23. The highest BCUT2D eigenvalue weighted by Crippen LogP contribution is 2.18. The van der Waals surface area contributed by atoms with Crippen LogP contribution in [-0.2, 0) is 0 Å². The number of likely N-dealkylation sites (tertiary alicyclic amines) is 2. The first-order valence-electron chi connectivity index (χ1n) is 9.52. The molecule has 142 valence electrons. The van der Waals surface area contributed by atoms with E-state index in [1.54, 1.807) is 24.3 Å². The fraction of sp³-hybridized carbons (Fsp3) is 0.450. The zero-order valence-electron chi connectivity index (χ0n) is 15.2. The highest BCUT2D eigenvalue weighted by molar-refractivity contribution is 5.95. The van der Waals surface area contributed by atoms with Gasteiger partial charge in [0.15, 0.2) is 0 Å². The first kappa shape index (κ1) is 17.7. The van der Waals surface area contributed by atoms with E-state index in [4.69, 9.17) is 0 Å². The monoisotopic (exact) mass is 370 g/mol. The molecule has 0 spiro atoms.